The molecule has 106 valence electrons. The molecule has 0 amide bonds. The van der Waals surface area contributed by atoms with Crippen LogP contribution in [0.2, 0.25) is 0 Å². The Hall–Kier alpha value is -1.71. The maximum atomic E-state index is 11.2. The predicted octanol–water partition coefficient (Wildman–Crippen LogP) is 3.08. The number of nitrogens with one attached hydrogen (secondary N) is 1. The van der Waals surface area contributed by atoms with Crippen LogP contribution in [0.25, 0.3) is 0 Å². The molecule has 0 spiro atoms. The molecular formula is C15H23NO3. The van der Waals surface area contributed by atoms with Crippen LogP contribution in [0.1, 0.15) is 25.0 Å². The molecule has 0 saturated heterocycles. The van der Waals surface area contributed by atoms with Crippen molar-refractivity contribution in [1.29, 1.82) is 0 Å². The molecule has 0 bridgehead atoms. The van der Waals surface area contributed by atoms with Gasteiger partial charge in [-0.2, -0.15) is 0 Å². The fourth-order valence-corrected chi connectivity index (χ4v) is 1.92. The van der Waals surface area contributed by atoms with Crippen molar-refractivity contribution < 1.29 is 14.6 Å². The van der Waals surface area contributed by atoms with Gasteiger partial charge in [-0.25, -0.2) is 0 Å². The quantitative estimate of drug-likeness (QED) is 0.830. The first kappa shape index (κ1) is 15.3. The molecule has 2 N–H and O–H groups in total. The standard InChI is InChI=1S/C15H23NO3/c1-9(2)12(15(17)18)8-16-13-6-10(3)11(4)7-14(13)19-5/h6-7,9,12,16H,8H2,1-5H3,(H,17,18). The number of hydrogen-bond acceptors (Lipinski definition) is 3. The molecule has 1 aromatic carbocycles. The van der Waals surface area contributed by atoms with Crippen molar-refractivity contribution in [3.05, 3.63) is 23.3 Å². The van der Waals surface area contributed by atoms with Gasteiger partial charge in [0.15, 0.2) is 0 Å². The van der Waals surface area contributed by atoms with E-state index >= 15 is 0 Å². The van der Waals surface area contributed by atoms with Crippen molar-refractivity contribution in [1.82, 2.24) is 0 Å². The second-order valence-corrected chi connectivity index (χ2v) is 5.21. The molecule has 0 aliphatic carbocycles. The third-order valence-electron chi connectivity index (χ3n) is 3.45. The third kappa shape index (κ3) is 3.88. The van der Waals surface area contributed by atoms with E-state index in [9.17, 15) is 9.90 Å². The monoisotopic (exact) mass is 265 g/mol. The van der Waals surface area contributed by atoms with Gasteiger partial charge in [0.25, 0.3) is 0 Å². The number of benzene rings is 1. The van der Waals surface area contributed by atoms with Crippen molar-refractivity contribution in [3.63, 3.8) is 0 Å². The molecule has 0 aliphatic heterocycles. The van der Waals surface area contributed by atoms with Gasteiger partial charge in [-0.15, -0.1) is 0 Å². The van der Waals surface area contributed by atoms with Gasteiger partial charge in [0.1, 0.15) is 5.75 Å². The van der Waals surface area contributed by atoms with Crippen LogP contribution in [0.3, 0.4) is 0 Å². The maximum Gasteiger partial charge on any atom is 0.308 e. The summed E-state index contributed by atoms with van der Waals surface area (Å²) in [7, 11) is 1.62. The van der Waals surface area contributed by atoms with Crippen LogP contribution in [-0.4, -0.2) is 24.7 Å². The average Bonchev–Trinajstić information content (AvgIpc) is 2.32. The lowest BCUT2D eigenvalue weighted by Crippen LogP contribution is -2.27. The molecule has 0 saturated carbocycles. The van der Waals surface area contributed by atoms with E-state index in [2.05, 4.69) is 5.32 Å². The molecule has 4 nitrogen and oxygen atoms in total. The van der Waals surface area contributed by atoms with E-state index < -0.39 is 11.9 Å². The van der Waals surface area contributed by atoms with E-state index in [1.54, 1.807) is 7.11 Å². The Labute approximate surface area is 114 Å². The lowest BCUT2D eigenvalue weighted by Gasteiger charge is -2.19. The normalized spacial score (nSPS) is 12.3. The summed E-state index contributed by atoms with van der Waals surface area (Å²) in [5.41, 5.74) is 3.15. The fourth-order valence-electron chi connectivity index (χ4n) is 1.92. The number of anilines is 1. The first-order valence-electron chi connectivity index (χ1n) is 6.48. The molecule has 1 atom stereocenters. The zero-order valence-corrected chi connectivity index (χ0v) is 12.3. The van der Waals surface area contributed by atoms with Crippen LogP contribution in [0, 0.1) is 25.7 Å². The van der Waals surface area contributed by atoms with Gasteiger partial charge < -0.3 is 15.2 Å². The Morgan fingerprint density at radius 1 is 1.32 bits per heavy atom. The van der Waals surface area contributed by atoms with Crippen molar-refractivity contribution in [3.8, 4) is 5.75 Å². The van der Waals surface area contributed by atoms with Crippen LogP contribution in [-0.2, 0) is 4.79 Å². The molecular weight excluding hydrogens is 242 g/mol. The number of hydrogen-bond donors (Lipinski definition) is 2. The van der Waals surface area contributed by atoms with Gasteiger partial charge in [-0.05, 0) is 43.0 Å². The lowest BCUT2D eigenvalue weighted by molar-refractivity contribution is -0.142. The second kappa shape index (κ2) is 6.45. The summed E-state index contributed by atoms with van der Waals surface area (Å²) < 4.78 is 5.32. The molecule has 0 heterocycles. The highest BCUT2D eigenvalue weighted by molar-refractivity contribution is 5.71. The number of carboxylic acids is 1. The van der Waals surface area contributed by atoms with Crippen molar-refractivity contribution in [2.24, 2.45) is 11.8 Å². The van der Waals surface area contributed by atoms with E-state index in [-0.39, 0.29) is 5.92 Å². The molecule has 1 rings (SSSR count). The van der Waals surface area contributed by atoms with E-state index in [1.807, 2.05) is 39.8 Å². The van der Waals surface area contributed by atoms with E-state index in [0.29, 0.717) is 6.54 Å². The summed E-state index contributed by atoms with van der Waals surface area (Å²) >= 11 is 0. The Morgan fingerprint density at radius 2 is 1.89 bits per heavy atom. The van der Waals surface area contributed by atoms with E-state index in [4.69, 9.17) is 4.74 Å². The molecule has 1 aromatic rings. The van der Waals surface area contributed by atoms with Gasteiger partial charge in [0.2, 0.25) is 0 Å². The van der Waals surface area contributed by atoms with Crippen LogP contribution in [0.4, 0.5) is 5.69 Å². The lowest BCUT2D eigenvalue weighted by atomic mass is 9.96. The number of aliphatic carboxylic acids is 1. The predicted molar refractivity (Wildman–Crippen MR) is 76.9 cm³/mol. The van der Waals surface area contributed by atoms with E-state index in [0.717, 1.165) is 22.6 Å². The summed E-state index contributed by atoms with van der Waals surface area (Å²) in [5, 5.41) is 12.4. The molecule has 1 unspecified atom stereocenters. The third-order valence-corrected chi connectivity index (χ3v) is 3.45. The Kier molecular flexibility index (Phi) is 5.21. The van der Waals surface area contributed by atoms with Crippen molar-refractivity contribution >= 4 is 11.7 Å². The summed E-state index contributed by atoms with van der Waals surface area (Å²) in [6.07, 6.45) is 0. The Balaban J connectivity index is 2.87. The first-order valence-corrected chi connectivity index (χ1v) is 6.48. The van der Waals surface area contributed by atoms with Crippen LogP contribution >= 0.6 is 0 Å². The highest BCUT2D eigenvalue weighted by Gasteiger charge is 2.21. The molecule has 0 aromatic heterocycles. The zero-order chi connectivity index (χ0) is 14.6. The van der Waals surface area contributed by atoms with Gasteiger partial charge in [-0.3, -0.25) is 4.79 Å². The highest BCUT2D eigenvalue weighted by atomic mass is 16.5. The summed E-state index contributed by atoms with van der Waals surface area (Å²) in [4.78, 5) is 11.2. The van der Waals surface area contributed by atoms with Crippen molar-refractivity contribution in [2.75, 3.05) is 19.0 Å². The summed E-state index contributed by atoms with van der Waals surface area (Å²) in [6.45, 7) is 8.27. The van der Waals surface area contributed by atoms with Crippen LogP contribution < -0.4 is 10.1 Å². The topological polar surface area (TPSA) is 58.6 Å². The summed E-state index contributed by atoms with van der Waals surface area (Å²) in [6, 6.07) is 3.95. The van der Waals surface area contributed by atoms with Crippen molar-refractivity contribution in [2.45, 2.75) is 27.7 Å². The first-order chi connectivity index (χ1) is 8.86. The summed E-state index contributed by atoms with van der Waals surface area (Å²) in [5.74, 6) is -0.352. The van der Waals surface area contributed by atoms with E-state index in [1.165, 1.54) is 0 Å². The van der Waals surface area contributed by atoms with Crippen LogP contribution in [0.15, 0.2) is 12.1 Å². The number of carboxylic acid groups (broad SMARTS) is 1. The van der Waals surface area contributed by atoms with Crippen LogP contribution in [0.5, 0.6) is 5.75 Å². The number of ether oxygens (including phenoxy) is 1. The van der Waals surface area contributed by atoms with Gasteiger partial charge in [-0.1, -0.05) is 13.8 Å². The zero-order valence-electron chi connectivity index (χ0n) is 12.3. The smallest absolute Gasteiger partial charge is 0.308 e. The fraction of sp³-hybridized carbons (Fsp3) is 0.533. The minimum atomic E-state index is -0.773. The Morgan fingerprint density at radius 3 is 2.37 bits per heavy atom. The molecule has 19 heavy (non-hydrogen) atoms. The number of methoxy groups -OCH3 is 1. The minimum absolute atomic E-state index is 0.0857. The minimum Gasteiger partial charge on any atom is -0.495 e. The number of rotatable bonds is 6. The second-order valence-electron chi connectivity index (χ2n) is 5.21. The molecule has 4 heteroatoms. The maximum absolute atomic E-state index is 11.2. The molecule has 0 radical (unpaired) electrons. The number of carbonyl (C=O) groups is 1. The van der Waals surface area contributed by atoms with Gasteiger partial charge in [0.05, 0.1) is 18.7 Å². The SMILES string of the molecule is COc1cc(C)c(C)cc1NCC(C(=O)O)C(C)C. The molecule has 0 fully saturated rings. The number of aryl methyl sites for hydroxylation is 2. The Bertz CT molecular complexity index is 455. The average molecular weight is 265 g/mol. The molecule has 0 aliphatic rings. The highest BCUT2D eigenvalue weighted by Crippen LogP contribution is 2.28. The largest absolute Gasteiger partial charge is 0.495 e. The van der Waals surface area contributed by atoms with Gasteiger partial charge in [0, 0.05) is 6.54 Å². The van der Waals surface area contributed by atoms with Gasteiger partial charge >= 0.3 is 5.97 Å².